The first-order valence-corrected chi connectivity index (χ1v) is 16.1. The number of ether oxygens (including phenoxy) is 9. The highest BCUT2D eigenvalue weighted by molar-refractivity contribution is 7.96. The monoisotopic (exact) mass is 744 g/mol. The summed E-state index contributed by atoms with van der Waals surface area (Å²) in [5, 5.41) is 2.54. The second-order valence-electron chi connectivity index (χ2n) is 9.74. The van der Waals surface area contributed by atoms with E-state index in [2.05, 4.69) is 6.92 Å². The van der Waals surface area contributed by atoms with Crippen molar-refractivity contribution in [3.8, 4) is 51.7 Å². The van der Waals surface area contributed by atoms with Crippen LogP contribution in [0.5, 0.6) is 51.7 Å². The summed E-state index contributed by atoms with van der Waals surface area (Å²) in [5.74, 6) is 5.39. The molecular weight excluding hydrogens is 698 g/mol. The summed E-state index contributed by atoms with van der Waals surface area (Å²) in [7, 11) is 11.8. The minimum absolute atomic E-state index is 0. The topological polar surface area (TPSA) is 83.1 Å². The lowest BCUT2D eigenvalue weighted by Crippen LogP contribution is -3.00. The second-order valence-corrected chi connectivity index (χ2v) is 13.1. The van der Waals surface area contributed by atoms with Gasteiger partial charge in [0.25, 0.3) is 0 Å². The van der Waals surface area contributed by atoms with E-state index in [9.17, 15) is 0 Å². The van der Waals surface area contributed by atoms with Gasteiger partial charge in [-0.05, 0) is 12.8 Å². The van der Waals surface area contributed by atoms with Crippen LogP contribution in [0, 0.1) is 0 Å². The fraction of sp³-hybridized carbons (Fsp3) is 0.455. The Hall–Kier alpha value is -2.98. The van der Waals surface area contributed by atoms with Gasteiger partial charge in [0, 0.05) is 36.4 Å². The fourth-order valence-electron chi connectivity index (χ4n) is 5.54. The summed E-state index contributed by atoms with van der Waals surface area (Å²) in [6, 6.07) is 11.3. The van der Waals surface area contributed by atoms with E-state index in [0.29, 0.717) is 57.9 Å². The average Bonchev–Trinajstić information content (AvgIpc) is 3.06. The molecule has 0 aliphatic rings. The summed E-state index contributed by atoms with van der Waals surface area (Å²) in [6.07, 6.45) is 4.77. The molecule has 0 radical (unpaired) electrons. The Labute approximate surface area is 279 Å². The zero-order valence-electron chi connectivity index (χ0n) is 27.5. The lowest BCUT2D eigenvalue weighted by molar-refractivity contribution is -0.0000119. The molecule has 0 heterocycles. The van der Waals surface area contributed by atoms with Crippen LogP contribution in [0.4, 0.5) is 0 Å². The van der Waals surface area contributed by atoms with E-state index in [0.717, 1.165) is 41.6 Å². The highest BCUT2D eigenvalue weighted by Gasteiger charge is 2.57. The maximum atomic E-state index is 6.15. The molecule has 3 aromatic carbocycles. The van der Waals surface area contributed by atoms with E-state index in [4.69, 9.17) is 42.6 Å². The number of methoxy groups -OCH3 is 9. The first-order valence-electron chi connectivity index (χ1n) is 14.2. The molecular formula is C33H46IO9P. The van der Waals surface area contributed by atoms with Crippen molar-refractivity contribution in [3.05, 3.63) is 36.4 Å². The zero-order chi connectivity index (χ0) is 31.6. The van der Waals surface area contributed by atoms with Gasteiger partial charge in [-0.2, -0.15) is 0 Å². The minimum atomic E-state index is -2.93. The zero-order valence-corrected chi connectivity index (χ0v) is 30.6. The van der Waals surface area contributed by atoms with Gasteiger partial charge in [0.15, 0.2) is 50.4 Å². The van der Waals surface area contributed by atoms with Gasteiger partial charge >= 0.3 is 0 Å². The van der Waals surface area contributed by atoms with Crippen LogP contribution in [0.1, 0.15) is 32.6 Å². The quantitative estimate of drug-likeness (QED) is 0.118. The molecule has 0 fully saturated rings. The molecule has 0 atom stereocenters. The van der Waals surface area contributed by atoms with Gasteiger partial charge < -0.3 is 66.6 Å². The van der Waals surface area contributed by atoms with Crippen LogP contribution in [-0.2, 0) is 0 Å². The van der Waals surface area contributed by atoms with Gasteiger partial charge in [-0.25, -0.2) is 0 Å². The molecule has 0 aromatic heterocycles. The molecule has 0 aliphatic heterocycles. The Balaban J connectivity index is 0.00000675. The van der Waals surface area contributed by atoms with Gasteiger partial charge in [0.2, 0.25) is 0 Å². The van der Waals surface area contributed by atoms with E-state index < -0.39 is 7.26 Å². The lowest BCUT2D eigenvalue weighted by Gasteiger charge is -2.33. The van der Waals surface area contributed by atoms with Crippen LogP contribution in [-0.4, -0.2) is 70.2 Å². The van der Waals surface area contributed by atoms with Crippen LogP contribution in [0.15, 0.2) is 36.4 Å². The molecule has 11 heteroatoms. The summed E-state index contributed by atoms with van der Waals surface area (Å²) in [4.78, 5) is 0. The second kappa shape index (κ2) is 17.5. The van der Waals surface area contributed by atoms with Crippen LogP contribution in [0.25, 0.3) is 0 Å². The largest absolute Gasteiger partial charge is 1.00 e. The maximum Gasteiger partial charge on any atom is 0.188 e. The van der Waals surface area contributed by atoms with Crippen LogP contribution in [0.3, 0.4) is 0 Å². The van der Waals surface area contributed by atoms with Crippen molar-refractivity contribution >= 4 is 23.2 Å². The number of hydrogen-bond donors (Lipinski definition) is 0. The van der Waals surface area contributed by atoms with Gasteiger partial charge in [-0.15, -0.1) is 0 Å². The van der Waals surface area contributed by atoms with Crippen molar-refractivity contribution in [2.24, 2.45) is 0 Å². The molecule has 9 nitrogen and oxygen atoms in total. The highest BCUT2D eigenvalue weighted by Crippen LogP contribution is 2.66. The maximum absolute atomic E-state index is 6.15. The summed E-state index contributed by atoms with van der Waals surface area (Å²) in [5.41, 5.74) is 0. The third-order valence-electron chi connectivity index (χ3n) is 7.56. The number of rotatable bonds is 17. The lowest BCUT2D eigenvalue weighted by atomic mass is 10.2. The molecule has 0 saturated heterocycles. The molecule has 3 rings (SSSR count). The first-order chi connectivity index (χ1) is 20.9. The van der Waals surface area contributed by atoms with Crippen molar-refractivity contribution in [3.63, 3.8) is 0 Å². The average molecular weight is 745 g/mol. The van der Waals surface area contributed by atoms with Gasteiger partial charge in [0.1, 0.15) is 24.5 Å². The predicted octanol–water partition coefficient (Wildman–Crippen LogP) is 2.64. The third kappa shape index (κ3) is 7.28. The van der Waals surface area contributed by atoms with Crippen molar-refractivity contribution in [2.45, 2.75) is 32.6 Å². The molecule has 0 spiro atoms. The van der Waals surface area contributed by atoms with Crippen molar-refractivity contribution < 1.29 is 66.6 Å². The smallest absolute Gasteiger partial charge is 0.188 e. The van der Waals surface area contributed by atoms with E-state index in [1.54, 1.807) is 64.0 Å². The van der Waals surface area contributed by atoms with E-state index in [1.807, 2.05) is 36.4 Å². The molecule has 44 heavy (non-hydrogen) atoms. The minimum Gasteiger partial charge on any atom is -1.00 e. The number of halogens is 1. The number of hydrogen-bond acceptors (Lipinski definition) is 9. The molecule has 0 unspecified atom stereocenters. The SMILES string of the molecule is CCCCCC[P+](c1c(OC)cc(OC)cc1OC)(c1c(OC)cc(OC)cc1OC)c1c(OC)cc(OC)cc1OC.[I-]. The van der Waals surface area contributed by atoms with Crippen molar-refractivity contribution in [2.75, 3.05) is 70.2 Å². The summed E-state index contributed by atoms with van der Waals surface area (Å²) >= 11 is 0. The van der Waals surface area contributed by atoms with Crippen LogP contribution in [0.2, 0.25) is 0 Å². The molecule has 0 bridgehead atoms. The Morgan fingerprint density at radius 1 is 0.409 bits per heavy atom. The molecule has 0 N–H and O–H groups in total. The van der Waals surface area contributed by atoms with Crippen molar-refractivity contribution in [1.82, 2.24) is 0 Å². The molecule has 0 aliphatic carbocycles. The fourth-order valence-corrected chi connectivity index (χ4v) is 10.8. The Bertz CT molecular complexity index is 1140. The summed E-state index contributed by atoms with van der Waals surface area (Å²) < 4.78 is 53.8. The van der Waals surface area contributed by atoms with E-state index >= 15 is 0 Å². The van der Waals surface area contributed by atoms with Crippen LogP contribution >= 0.6 is 7.26 Å². The first kappa shape index (κ1) is 37.2. The molecule has 3 aromatic rings. The standard InChI is InChI=1S/C33H46O9P.HI/c1-11-12-13-14-15-43(31-25(37-5)16-22(34-2)17-26(31)38-6,32-27(39-7)18-23(35-3)19-28(32)40-8)33-29(41-9)20-24(36-4)21-30(33)42-10;/h16-21H,11-15H2,1-10H3;1H/q+1;/p-1. The highest BCUT2D eigenvalue weighted by atomic mass is 127. The van der Waals surface area contributed by atoms with E-state index in [-0.39, 0.29) is 24.0 Å². The normalized spacial score (nSPS) is 10.8. The third-order valence-corrected chi connectivity index (χ3v) is 12.2. The van der Waals surface area contributed by atoms with Gasteiger partial charge in [0.05, 0.1) is 70.2 Å². The molecule has 0 amide bonds. The van der Waals surface area contributed by atoms with Gasteiger partial charge in [-0.1, -0.05) is 19.8 Å². The Kier molecular flexibility index (Phi) is 14.8. The molecule has 0 saturated carbocycles. The Morgan fingerprint density at radius 3 is 0.886 bits per heavy atom. The number of unbranched alkanes of at least 4 members (excludes halogenated alkanes) is 3. The van der Waals surface area contributed by atoms with Crippen LogP contribution < -0.4 is 82.5 Å². The summed E-state index contributed by atoms with van der Waals surface area (Å²) in [6.45, 7) is 2.20. The molecule has 244 valence electrons. The van der Waals surface area contributed by atoms with Crippen molar-refractivity contribution in [1.29, 1.82) is 0 Å². The van der Waals surface area contributed by atoms with Gasteiger partial charge in [-0.3, -0.25) is 0 Å². The van der Waals surface area contributed by atoms with E-state index in [1.165, 1.54) is 0 Å². The number of benzene rings is 3. The Morgan fingerprint density at radius 2 is 0.682 bits per heavy atom. The predicted molar refractivity (Wildman–Crippen MR) is 173 cm³/mol.